The molecule has 21 heavy (non-hydrogen) atoms. The van der Waals surface area contributed by atoms with E-state index >= 15 is 0 Å². The molecule has 0 saturated heterocycles. The van der Waals surface area contributed by atoms with Crippen molar-refractivity contribution in [3.8, 4) is 5.75 Å². The van der Waals surface area contributed by atoms with E-state index < -0.39 is 0 Å². The van der Waals surface area contributed by atoms with Crippen LogP contribution in [-0.4, -0.2) is 11.2 Å². The van der Waals surface area contributed by atoms with Gasteiger partial charge in [-0.1, -0.05) is 35.9 Å². The molecule has 2 nitrogen and oxygen atoms in total. The smallest absolute Gasteiger partial charge is 0.119 e. The maximum Gasteiger partial charge on any atom is 0.119 e. The average molecular weight is 305 g/mol. The van der Waals surface area contributed by atoms with Gasteiger partial charge in [-0.25, -0.2) is 0 Å². The highest BCUT2D eigenvalue weighted by Gasteiger charge is 2.03. The Hall–Kier alpha value is -1.51. The maximum atomic E-state index is 9.29. The number of hydrogen-bond acceptors (Lipinski definition) is 2. The van der Waals surface area contributed by atoms with Gasteiger partial charge in [0.05, 0.1) is 6.10 Å². The zero-order valence-corrected chi connectivity index (χ0v) is 13.2. The van der Waals surface area contributed by atoms with E-state index in [0.29, 0.717) is 6.61 Å². The molecule has 0 radical (unpaired) electrons. The minimum atomic E-state index is -0.260. The molecule has 2 aromatic rings. The molecule has 0 amide bonds. The van der Waals surface area contributed by atoms with Crippen molar-refractivity contribution in [3.05, 3.63) is 64.2 Å². The molecule has 1 atom stereocenters. The quantitative estimate of drug-likeness (QED) is 0.849. The summed E-state index contributed by atoms with van der Waals surface area (Å²) in [5.41, 5.74) is 3.34. The number of hydrogen-bond donors (Lipinski definition) is 1. The third-order valence-corrected chi connectivity index (χ3v) is 3.73. The second-order valence-electron chi connectivity index (χ2n) is 5.42. The molecule has 0 aliphatic carbocycles. The molecule has 1 N–H and O–H groups in total. The van der Waals surface area contributed by atoms with Crippen molar-refractivity contribution < 1.29 is 9.84 Å². The van der Waals surface area contributed by atoms with Gasteiger partial charge in [0.1, 0.15) is 12.4 Å². The van der Waals surface area contributed by atoms with Gasteiger partial charge < -0.3 is 9.84 Å². The molecule has 1 unspecified atom stereocenters. The van der Waals surface area contributed by atoms with Crippen LogP contribution in [0.2, 0.25) is 5.02 Å². The normalized spacial score (nSPS) is 12.2. The number of benzene rings is 2. The van der Waals surface area contributed by atoms with Crippen molar-refractivity contribution in [2.45, 2.75) is 39.4 Å². The monoisotopic (exact) mass is 304 g/mol. The SMILES string of the molecule is Cc1ccc(COc2ccc(CCC(C)O)cc2)c(Cl)c1. The zero-order valence-electron chi connectivity index (χ0n) is 12.5. The van der Waals surface area contributed by atoms with Crippen molar-refractivity contribution in [3.63, 3.8) is 0 Å². The Bertz CT molecular complexity index is 576. The van der Waals surface area contributed by atoms with E-state index in [4.69, 9.17) is 16.3 Å². The Labute approximate surface area is 131 Å². The molecule has 112 valence electrons. The molecule has 0 fully saturated rings. The van der Waals surface area contributed by atoms with E-state index in [9.17, 15) is 5.11 Å². The van der Waals surface area contributed by atoms with Crippen LogP contribution in [0.3, 0.4) is 0 Å². The van der Waals surface area contributed by atoms with Crippen molar-refractivity contribution in [1.29, 1.82) is 0 Å². The van der Waals surface area contributed by atoms with Gasteiger partial charge in [-0.05, 0) is 56.0 Å². The first-order valence-corrected chi connectivity index (χ1v) is 7.57. The molecule has 2 rings (SSSR count). The van der Waals surface area contributed by atoms with Gasteiger partial charge in [-0.15, -0.1) is 0 Å². The van der Waals surface area contributed by atoms with Crippen molar-refractivity contribution >= 4 is 11.6 Å². The summed E-state index contributed by atoms with van der Waals surface area (Å²) in [4.78, 5) is 0. The third kappa shape index (κ3) is 5.07. The van der Waals surface area contributed by atoms with Crippen LogP contribution in [0.25, 0.3) is 0 Å². The summed E-state index contributed by atoms with van der Waals surface area (Å²) < 4.78 is 5.76. The Morgan fingerprint density at radius 2 is 1.86 bits per heavy atom. The van der Waals surface area contributed by atoms with Gasteiger partial charge >= 0.3 is 0 Å². The molecular weight excluding hydrogens is 284 g/mol. The molecule has 0 spiro atoms. The lowest BCUT2D eigenvalue weighted by Crippen LogP contribution is -2.01. The first kappa shape index (κ1) is 15.9. The van der Waals surface area contributed by atoms with E-state index in [1.54, 1.807) is 0 Å². The molecule has 0 aromatic heterocycles. The van der Waals surface area contributed by atoms with Gasteiger partial charge in [0.15, 0.2) is 0 Å². The number of aliphatic hydroxyl groups excluding tert-OH is 1. The average Bonchev–Trinajstić information content (AvgIpc) is 2.45. The Morgan fingerprint density at radius 3 is 2.48 bits per heavy atom. The summed E-state index contributed by atoms with van der Waals surface area (Å²) in [7, 11) is 0. The van der Waals surface area contributed by atoms with E-state index in [1.807, 2.05) is 56.3 Å². The lowest BCUT2D eigenvalue weighted by Gasteiger charge is -2.09. The van der Waals surface area contributed by atoms with Gasteiger partial charge in [-0.3, -0.25) is 0 Å². The van der Waals surface area contributed by atoms with E-state index in [0.717, 1.165) is 34.7 Å². The molecule has 0 aliphatic rings. The van der Waals surface area contributed by atoms with Gasteiger partial charge in [-0.2, -0.15) is 0 Å². The molecule has 2 aromatic carbocycles. The fourth-order valence-electron chi connectivity index (χ4n) is 2.06. The van der Waals surface area contributed by atoms with Crippen molar-refractivity contribution in [2.24, 2.45) is 0 Å². The summed E-state index contributed by atoms with van der Waals surface area (Å²) in [6.45, 7) is 4.29. The summed E-state index contributed by atoms with van der Waals surface area (Å²) in [5, 5.41) is 10.0. The molecule has 3 heteroatoms. The van der Waals surface area contributed by atoms with Crippen LogP contribution in [0.15, 0.2) is 42.5 Å². The number of halogens is 1. The predicted octanol–water partition coefficient (Wildman–Crippen LogP) is 4.54. The minimum absolute atomic E-state index is 0.260. The molecule has 0 saturated carbocycles. The lowest BCUT2D eigenvalue weighted by atomic mass is 10.1. The fraction of sp³-hybridized carbons (Fsp3) is 0.333. The maximum absolute atomic E-state index is 9.29. The summed E-state index contributed by atoms with van der Waals surface area (Å²) in [6, 6.07) is 14.0. The fourth-order valence-corrected chi connectivity index (χ4v) is 2.35. The van der Waals surface area contributed by atoms with Crippen LogP contribution < -0.4 is 4.74 Å². The van der Waals surface area contributed by atoms with E-state index in [2.05, 4.69) is 0 Å². The van der Waals surface area contributed by atoms with Crippen LogP contribution in [-0.2, 0) is 13.0 Å². The number of ether oxygens (including phenoxy) is 1. The number of aryl methyl sites for hydroxylation is 2. The zero-order chi connectivity index (χ0) is 15.2. The van der Waals surface area contributed by atoms with Crippen molar-refractivity contribution in [2.75, 3.05) is 0 Å². The predicted molar refractivity (Wildman–Crippen MR) is 87.0 cm³/mol. The number of rotatable bonds is 6. The van der Waals surface area contributed by atoms with Gasteiger partial charge in [0.2, 0.25) is 0 Å². The highest BCUT2D eigenvalue weighted by molar-refractivity contribution is 6.31. The minimum Gasteiger partial charge on any atom is -0.489 e. The molecule has 0 bridgehead atoms. The van der Waals surface area contributed by atoms with E-state index in [1.165, 1.54) is 5.56 Å². The lowest BCUT2D eigenvalue weighted by molar-refractivity contribution is 0.185. The van der Waals surface area contributed by atoms with Crippen molar-refractivity contribution in [1.82, 2.24) is 0 Å². The van der Waals surface area contributed by atoms with Crippen LogP contribution in [0.1, 0.15) is 30.0 Å². The highest BCUT2D eigenvalue weighted by atomic mass is 35.5. The molecular formula is C18H21ClO2. The Morgan fingerprint density at radius 1 is 1.14 bits per heavy atom. The van der Waals surface area contributed by atoms with Crippen LogP contribution >= 0.6 is 11.6 Å². The van der Waals surface area contributed by atoms with Gasteiger partial charge in [0.25, 0.3) is 0 Å². The van der Waals surface area contributed by atoms with Crippen LogP contribution in [0, 0.1) is 6.92 Å². The summed E-state index contributed by atoms with van der Waals surface area (Å²) >= 11 is 6.19. The summed E-state index contributed by atoms with van der Waals surface area (Å²) in [6.07, 6.45) is 1.39. The Kier molecular flexibility index (Phi) is 5.66. The largest absolute Gasteiger partial charge is 0.489 e. The summed E-state index contributed by atoms with van der Waals surface area (Å²) in [5.74, 6) is 0.826. The third-order valence-electron chi connectivity index (χ3n) is 3.38. The Balaban J connectivity index is 1.91. The first-order valence-electron chi connectivity index (χ1n) is 7.19. The topological polar surface area (TPSA) is 29.5 Å². The molecule has 0 aliphatic heterocycles. The molecule has 0 heterocycles. The highest BCUT2D eigenvalue weighted by Crippen LogP contribution is 2.20. The van der Waals surface area contributed by atoms with Gasteiger partial charge in [0, 0.05) is 10.6 Å². The number of aliphatic hydroxyl groups is 1. The van der Waals surface area contributed by atoms with Crippen LogP contribution in [0.5, 0.6) is 5.75 Å². The second-order valence-corrected chi connectivity index (χ2v) is 5.82. The first-order chi connectivity index (χ1) is 10.0. The standard InChI is InChI=1S/C18H21ClO2/c1-13-3-8-16(18(19)11-13)12-21-17-9-6-15(7-10-17)5-4-14(2)20/h3,6-11,14,20H,4-5,12H2,1-2H3. The van der Waals surface area contributed by atoms with E-state index in [-0.39, 0.29) is 6.10 Å². The second kappa shape index (κ2) is 7.48. The van der Waals surface area contributed by atoms with Crippen LogP contribution in [0.4, 0.5) is 0 Å².